The van der Waals surface area contributed by atoms with Crippen molar-refractivity contribution >= 4 is 0 Å². The third-order valence-electron chi connectivity index (χ3n) is 2.58. The molecule has 0 aliphatic carbocycles. The van der Waals surface area contributed by atoms with Crippen LogP contribution in [0.2, 0.25) is 0 Å². The second kappa shape index (κ2) is 4.81. The Morgan fingerprint density at radius 2 is 1.89 bits per heavy atom. The minimum Gasteiger partial charge on any atom is -0.388 e. The lowest BCUT2D eigenvalue weighted by Gasteiger charge is -2.10. The molecular weight excluding hydrogens is 245 g/mol. The molecule has 0 fully saturated rings. The first-order valence-electron chi connectivity index (χ1n) is 5.27. The van der Waals surface area contributed by atoms with Crippen LogP contribution in [0.15, 0.2) is 24.5 Å². The predicted molar refractivity (Wildman–Crippen MR) is 58.2 cm³/mol. The summed E-state index contributed by atoms with van der Waals surface area (Å²) in [5, 5.41) is 13.7. The van der Waals surface area contributed by atoms with Gasteiger partial charge in [-0.15, -0.1) is 0 Å². The van der Waals surface area contributed by atoms with Crippen LogP contribution in [0.25, 0.3) is 0 Å². The van der Waals surface area contributed by atoms with E-state index in [1.807, 2.05) is 0 Å². The van der Waals surface area contributed by atoms with E-state index < -0.39 is 23.6 Å². The molecule has 1 aromatic heterocycles. The van der Waals surface area contributed by atoms with E-state index in [-0.39, 0.29) is 12.0 Å². The highest BCUT2D eigenvalue weighted by molar-refractivity contribution is 5.23. The zero-order valence-corrected chi connectivity index (χ0v) is 9.57. The van der Waals surface area contributed by atoms with E-state index in [9.17, 15) is 18.3 Å². The van der Waals surface area contributed by atoms with Gasteiger partial charge in [-0.2, -0.15) is 5.10 Å². The Labute approximate surface area is 101 Å². The van der Waals surface area contributed by atoms with Crippen LogP contribution >= 0.6 is 0 Å². The number of hydrogen-bond donors (Lipinski definition) is 1. The van der Waals surface area contributed by atoms with E-state index in [1.165, 1.54) is 0 Å². The third kappa shape index (κ3) is 2.53. The lowest BCUT2D eigenvalue weighted by atomic mass is 10.0. The highest BCUT2D eigenvalue weighted by Crippen LogP contribution is 2.22. The van der Waals surface area contributed by atoms with Crippen LogP contribution in [0.3, 0.4) is 0 Å². The van der Waals surface area contributed by atoms with Crippen molar-refractivity contribution in [3.8, 4) is 0 Å². The van der Waals surface area contributed by atoms with Crippen molar-refractivity contribution in [3.05, 3.63) is 53.1 Å². The molecule has 0 amide bonds. The molecule has 1 atom stereocenters. The molecule has 1 N–H and O–H groups in total. The van der Waals surface area contributed by atoms with Crippen LogP contribution in [0.1, 0.15) is 17.2 Å². The van der Waals surface area contributed by atoms with Crippen LogP contribution in [-0.2, 0) is 13.5 Å². The molecule has 0 aliphatic heterocycles. The molecule has 0 spiro atoms. The van der Waals surface area contributed by atoms with E-state index >= 15 is 0 Å². The molecule has 2 aromatic rings. The van der Waals surface area contributed by atoms with Crippen LogP contribution < -0.4 is 0 Å². The molecule has 3 nitrogen and oxygen atoms in total. The number of nitrogens with zero attached hydrogens (tertiary/aromatic N) is 2. The van der Waals surface area contributed by atoms with Gasteiger partial charge in [-0.1, -0.05) is 0 Å². The van der Waals surface area contributed by atoms with Gasteiger partial charge in [-0.25, -0.2) is 13.2 Å². The molecule has 0 saturated carbocycles. The highest BCUT2D eigenvalue weighted by Gasteiger charge is 2.16. The summed E-state index contributed by atoms with van der Waals surface area (Å²) in [5.74, 6) is -4.15. The lowest BCUT2D eigenvalue weighted by Crippen LogP contribution is -2.04. The quantitative estimate of drug-likeness (QED) is 0.854. The number of rotatable bonds is 3. The van der Waals surface area contributed by atoms with Gasteiger partial charge < -0.3 is 5.11 Å². The van der Waals surface area contributed by atoms with E-state index in [1.54, 1.807) is 24.1 Å². The molecule has 6 heteroatoms. The zero-order chi connectivity index (χ0) is 13.3. The monoisotopic (exact) mass is 256 g/mol. The molecule has 96 valence electrons. The smallest absolute Gasteiger partial charge is 0.194 e. The molecule has 2 rings (SSSR count). The largest absolute Gasteiger partial charge is 0.388 e. The average Bonchev–Trinajstić information content (AvgIpc) is 2.71. The summed E-state index contributed by atoms with van der Waals surface area (Å²) in [5.41, 5.74) is 0.713. The first-order valence-corrected chi connectivity index (χ1v) is 5.27. The van der Waals surface area contributed by atoms with Crippen molar-refractivity contribution in [1.29, 1.82) is 0 Å². The normalized spacial score (nSPS) is 12.7. The summed E-state index contributed by atoms with van der Waals surface area (Å²) in [4.78, 5) is 0. The second-order valence-electron chi connectivity index (χ2n) is 4.04. The maximum atomic E-state index is 13.0. The number of benzene rings is 1. The lowest BCUT2D eigenvalue weighted by molar-refractivity contribution is 0.177. The molecule has 0 aliphatic rings. The van der Waals surface area contributed by atoms with E-state index in [4.69, 9.17) is 0 Å². The summed E-state index contributed by atoms with van der Waals surface area (Å²) in [6, 6.07) is 1.58. The van der Waals surface area contributed by atoms with Gasteiger partial charge in [-0.05, 0) is 23.3 Å². The second-order valence-corrected chi connectivity index (χ2v) is 4.04. The van der Waals surface area contributed by atoms with Crippen molar-refractivity contribution < 1.29 is 18.3 Å². The Morgan fingerprint density at radius 3 is 2.39 bits per heavy atom. The maximum Gasteiger partial charge on any atom is 0.194 e. The fourth-order valence-corrected chi connectivity index (χ4v) is 1.69. The van der Waals surface area contributed by atoms with Crippen molar-refractivity contribution in [1.82, 2.24) is 9.78 Å². The highest BCUT2D eigenvalue weighted by atomic mass is 19.2. The van der Waals surface area contributed by atoms with E-state index in [0.29, 0.717) is 0 Å². The molecule has 1 heterocycles. The first-order chi connectivity index (χ1) is 8.47. The topological polar surface area (TPSA) is 38.0 Å². The van der Waals surface area contributed by atoms with Gasteiger partial charge in [-0.3, -0.25) is 4.68 Å². The van der Waals surface area contributed by atoms with E-state index in [0.717, 1.165) is 17.7 Å². The Morgan fingerprint density at radius 1 is 1.28 bits per heavy atom. The Balaban J connectivity index is 2.21. The Kier molecular flexibility index (Phi) is 3.38. The van der Waals surface area contributed by atoms with Gasteiger partial charge in [0.1, 0.15) is 0 Å². The zero-order valence-electron chi connectivity index (χ0n) is 9.57. The summed E-state index contributed by atoms with van der Waals surface area (Å²) in [7, 11) is 1.72. The minimum atomic E-state index is -1.53. The number of aryl methyl sites for hydroxylation is 1. The molecule has 0 bridgehead atoms. The van der Waals surface area contributed by atoms with Gasteiger partial charge >= 0.3 is 0 Å². The molecule has 1 aromatic carbocycles. The van der Waals surface area contributed by atoms with Crippen LogP contribution in [-0.4, -0.2) is 14.9 Å². The van der Waals surface area contributed by atoms with Crippen molar-refractivity contribution in [2.45, 2.75) is 12.5 Å². The standard InChI is InChI=1S/C12H11F3N2O/c1-17-6-7(5-16-17)2-11(18)8-3-9(13)12(15)10(14)4-8/h3-6,11,18H,2H2,1H3. The van der Waals surface area contributed by atoms with Gasteiger partial charge in [0.15, 0.2) is 17.5 Å². The summed E-state index contributed by atoms with van der Waals surface area (Å²) >= 11 is 0. The van der Waals surface area contributed by atoms with Gasteiger partial charge in [0.05, 0.1) is 12.3 Å². The first kappa shape index (κ1) is 12.6. The van der Waals surface area contributed by atoms with Crippen molar-refractivity contribution in [2.75, 3.05) is 0 Å². The summed E-state index contributed by atoms with van der Waals surface area (Å²) in [6.07, 6.45) is 2.26. The van der Waals surface area contributed by atoms with Crippen molar-refractivity contribution in [2.24, 2.45) is 7.05 Å². The van der Waals surface area contributed by atoms with Crippen LogP contribution in [0, 0.1) is 17.5 Å². The number of hydrogen-bond acceptors (Lipinski definition) is 2. The fraction of sp³-hybridized carbons (Fsp3) is 0.250. The molecule has 0 saturated heterocycles. The average molecular weight is 256 g/mol. The minimum absolute atomic E-state index is 0.00440. The SMILES string of the molecule is Cn1cc(CC(O)c2cc(F)c(F)c(F)c2)cn1. The molecule has 1 unspecified atom stereocenters. The van der Waals surface area contributed by atoms with Gasteiger partial charge in [0.2, 0.25) is 0 Å². The van der Waals surface area contributed by atoms with Crippen molar-refractivity contribution in [3.63, 3.8) is 0 Å². The number of aliphatic hydroxyl groups is 1. The van der Waals surface area contributed by atoms with E-state index in [2.05, 4.69) is 5.10 Å². The third-order valence-corrected chi connectivity index (χ3v) is 2.58. The molecule has 0 radical (unpaired) electrons. The summed E-state index contributed by atoms with van der Waals surface area (Å²) < 4.78 is 40.3. The number of aliphatic hydroxyl groups excluding tert-OH is 1. The maximum absolute atomic E-state index is 13.0. The van der Waals surface area contributed by atoms with Gasteiger partial charge in [0, 0.05) is 19.7 Å². The molecule has 18 heavy (non-hydrogen) atoms. The number of aromatic nitrogens is 2. The predicted octanol–water partition coefficient (Wildman–Crippen LogP) is 2.11. The Hall–Kier alpha value is -1.82. The Bertz CT molecular complexity index is 545. The number of halogens is 3. The fourth-order valence-electron chi connectivity index (χ4n) is 1.69. The van der Waals surface area contributed by atoms with Gasteiger partial charge in [0.25, 0.3) is 0 Å². The molecular formula is C12H11F3N2O. The summed E-state index contributed by atoms with van der Waals surface area (Å²) in [6.45, 7) is 0. The van der Waals surface area contributed by atoms with Crippen LogP contribution in [0.5, 0.6) is 0 Å². The van der Waals surface area contributed by atoms with Crippen LogP contribution in [0.4, 0.5) is 13.2 Å².